The van der Waals surface area contributed by atoms with Gasteiger partial charge in [0.15, 0.2) is 0 Å². The van der Waals surface area contributed by atoms with E-state index in [1.807, 2.05) is 37.3 Å². The van der Waals surface area contributed by atoms with Gasteiger partial charge in [-0.1, -0.05) is 22.9 Å². The van der Waals surface area contributed by atoms with Crippen LogP contribution in [0.2, 0.25) is 0 Å². The van der Waals surface area contributed by atoms with E-state index in [9.17, 15) is 0 Å². The Labute approximate surface area is 106 Å². The Balaban J connectivity index is 2.06. The topological polar surface area (TPSA) is 43.7 Å². The Morgan fingerprint density at radius 3 is 2.50 bits per heavy atom. The summed E-state index contributed by atoms with van der Waals surface area (Å²) in [7, 11) is 1.50. The van der Waals surface area contributed by atoms with Gasteiger partial charge < -0.3 is 9.57 Å². The van der Waals surface area contributed by atoms with Crippen molar-refractivity contribution in [1.29, 1.82) is 0 Å². The summed E-state index contributed by atoms with van der Waals surface area (Å²) in [6.45, 7) is 2.03. The lowest BCUT2D eigenvalue weighted by Gasteiger charge is -2.04. The molecule has 0 fully saturated rings. The Kier molecular flexibility index (Phi) is 3.91. The van der Waals surface area contributed by atoms with Crippen molar-refractivity contribution in [3.05, 3.63) is 53.7 Å². The van der Waals surface area contributed by atoms with Gasteiger partial charge in [-0.05, 0) is 25.1 Å². The number of benzene rings is 1. The fourth-order valence-electron chi connectivity index (χ4n) is 1.37. The van der Waals surface area contributed by atoms with E-state index in [0.29, 0.717) is 5.88 Å². The Morgan fingerprint density at radius 2 is 1.89 bits per heavy atom. The van der Waals surface area contributed by atoms with Crippen molar-refractivity contribution in [3.63, 3.8) is 0 Å². The molecular formula is C14H14N2O2. The molecule has 0 saturated carbocycles. The van der Waals surface area contributed by atoms with Crippen LogP contribution in [0.5, 0.6) is 11.6 Å². The van der Waals surface area contributed by atoms with Crippen LogP contribution in [0.3, 0.4) is 0 Å². The van der Waals surface area contributed by atoms with Crippen molar-refractivity contribution in [1.82, 2.24) is 4.98 Å². The van der Waals surface area contributed by atoms with Crippen LogP contribution in [-0.4, -0.2) is 18.3 Å². The predicted molar refractivity (Wildman–Crippen MR) is 70.1 cm³/mol. The Bertz CT molecular complexity index is 518. The second-order valence-corrected chi connectivity index (χ2v) is 3.76. The molecule has 18 heavy (non-hydrogen) atoms. The number of ether oxygens (including phenoxy) is 1. The third-order valence-corrected chi connectivity index (χ3v) is 2.31. The molecular weight excluding hydrogens is 228 g/mol. The number of nitrogens with zero attached hydrogens (tertiary/aromatic N) is 2. The first-order valence-corrected chi connectivity index (χ1v) is 5.55. The van der Waals surface area contributed by atoms with Gasteiger partial charge in [0.05, 0.1) is 6.21 Å². The maximum absolute atomic E-state index is 5.61. The van der Waals surface area contributed by atoms with Crippen LogP contribution in [0.15, 0.2) is 47.8 Å². The largest absolute Gasteiger partial charge is 0.439 e. The van der Waals surface area contributed by atoms with Crippen molar-refractivity contribution in [2.24, 2.45) is 5.16 Å². The molecule has 1 aromatic carbocycles. The van der Waals surface area contributed by atoms with E-state index in [-0.39, 0.29) is 0 Å². The van der Waals surface area contributed by atoms with Crippen molar-refractivity contribution < 1.29 is 9.57 Å². The Morgan fingerprint density at radius 1 is 1.11 bits per heavy atom. The highest BCUT2D eigenvalue weighted by Crippen LogP contribution is 2.19. The summed E-state index contributed by atoms with van der Waals surface area (Å²) in [6.07, 6.45) is 3.26. The predicted octanol–water partition coefficient (Wildman–Crippen LogP) is 3.16. The molecule has 0 N–H and O–H groups in total. The molecule has 1 heterocycles. The first-order chi connectivity index (χ1) is 8.78. The van der Waals surface area contributed by atoms with Crippen molar-refractivity contribution in [3.8, 4) is 11.6 Å². The highest BCUT2D eigenvalue weighted by Gasteiger charge is 1.98. The lowest BCUT2D eigenvalue weighted by Crippen LogP contribution is -1.90. The molecule has 0 bridgehead atoms. The maximum Gasteiger partial charge on any atom is 0.219 e. The van der Waals surface area contributed by atoms with Crippen LogP contribution in [0, 0.1) is 6.92 Å². The molecule has 2 rings (SSSR count). The molecule has 0 aliphatic heterocycles. The molecule has 0 aliphatic rings. The summed E-state index contributed by atoms with van der Waals surface area (Å²) in [5.74, 6) is 1.32. The number of aromatic nitrogens is 1. The first-order valence-electron chi connectivity index (χ1n) is 5.55. The maximum atomic E-state index is 5.61. The molecule has 0 spiro atoms. The monoisotopic (exact) mass is 242 g/mol. The van der Waals surface area contributed by atoms with Crippen molar-refractivity contribution >= 4 is 6.21 Å². The molecule has 0 saturated heterocycles. The van der Waals surface area contributed by atoms with E-state index in [4.69, 9.17) is 4.74 Å². The lowest BCUT2D eigenvalue weighted by atomic mass is 10.2. The van der Waals surface area contributed by atoms with E-state index in [2.05, 4.69) is 15.0 Å². The number of hydrogen-bond donors (Lipinski definition) is 0. The van der Waals surface area contributed by atoms with Gasteiger partial charge in [0.2, 0.25) is 5.88 Å². The number of rotatable bonds is 4. The number of aryl methyl sites for hydroxylation is 1. The van der Waals surface area contributed by atoms with Crippen LogP contribution in [0.4, 0.5) is 0 Å². The molecule has 0 aliphatic carbocycles. The van der Waals surface area contributed by atoms with Crippen LogP contribution >= 0.6 is 0 Å². The number of hydrogen-bond acceptors (Lipinski definition) is 4. The highest BCUT2D eigenvalue weighted by atomic mass is 16.6. The number of oxime groups is 1. The van der Waals surface area contributed by atoms with Crippen molar-refractivity contribution in [2.45, 2.75) is 6.92 Å². The van der Waals surface area contributed by atoms with E-state index in [1.165, 1.54) is 12.7 Å². The molecule has 4 nitrogen and oxygen atoms in total. The average molecular weight is 242 g/mol. The van der Waals surface area contributed by atoms with Gasteiger partial charge in [-0.15, -0.1) is 0 Å². The third-order valence-electron chi connectivity index (χ3n) is 2.31. The normalized spacial score (nSPS) is 10.6. The molecule has 2 aromatic rings. The minimum atomic E-state index is 0.549. The van der Waals surface area contributed by atoms with Crippen LogP contribution in [0.25, 0.3) is 0 Å². The molecule has 0 radical (unpaired) electrons. The Hall–Kier alpha value is -2.36. The molecule has 0 amide bonds. The zero-order chi connectivity index (χ0) is 12.8. The van der Waals surface area contributed by atoms with E-state index < -0.39 is 0 Å². The minimum absolute atomic E-state index is 0.549. The molecule has 92 valence electrons. The fraction of sp³-hybridized carbons (Fsp3) is 0.143. The quantitative estimate of drug-likeness (QED) is 0.611. The molecule has 1 aromatic heterocycles. The summed E-state index contributed by atoms with van der Waals surface area (Å²) in [5.41, 5.74) is 2.05. The summed E-state index contributed by atoms with van der Waals surface area (Å²) >= 11 is 0. The van der Waals surface area contributed by atoms with Crippen LogP contribution < -0.4 is 4.74 Å². The standard InChI is InChI=1S/C14H14N2O2/c1-11-3-6-13(7-4-11)18-14-8-5-12(9-15-14)10-16-17-2/h3-10H,1-2H3/b16-10+. The lowest BCUT2D eigenvalue weighted by molar-refractivity contribution is 0.215. The second kappa shape index (κ2) is 5.82. The zero-order valence-electron chi connectivity index (χ0n) is 10.3. The van der Waals surface area contributed by atoms with E-state index in [1.54, 1.807) is 18.5 Å². The minimum Gasteiger partial charge on any atom is -0.439 e. The SMILES string of the molecule is CO/N=C/c1ccc(Oc2ccc(C)cc2)nc1. The first kappa shape index (κ1) is 12.1. The summed E-state index contributed by atoms with van der Waals surface area (Å²) in [5, 5.41) is 3.66. The summed E-state index contributed by atoms with van der Waals surface area (Å²) in [4.78, 5) is 8.77. The number of pyridine rings is 1. The van der Waals surface area contributed by atoms with Gasteiger partial charge in [-0.2, -0.15) is 0 Å². The van der Waals surface area contributed by atoms with E-state index >= 15 is 0 Å². The van der Waals surface area contributed by atoms with Gasteiger partial charge in [0, 0.05) is 17.8 Å². The van der Waals surface area contributed by atoms with Gasteiger partial charge in [0.25, 0.3) is 0 Å². The van der Waals surface area contributed by atoms with E-state index in [0.717, 1.165) is 11.3 Å². The third kappa shape index (κ3) is 3.31. The smallest absolute Gasteiger partial charge is 0.219 e. The van der Waals surface area contributed by atoms with Gasteiger partial charge in [-0.3, -0.25) is 0 Å². The van der Waals surface area contributed by atoms with Crippen LogP contribution in [-0.2, 0) is 4.84 Å². The summed E-state index contributed by atoms with van der Waals surface area (Å²) in [6, 6.07) is 11.5. The average Bonchev–Trinajstić information content (AvgIpc) is 2.41. The van der Waals surface area contributed by atoms with Gasteiger partial charge in [-0.25, -0.2) is 4.98 Å². The molecule has 4 heteroatoms. The molecule has 0 atom stereocenters. The molecule has 0 unspecified atom stereocenters. The van der Waals surface area contributed by atoms with Crippen molar-refractivity contribution in [2.75, 3.05) is 7.11 Å². The second-order valence-electron chi connectivity index (χ2n) is 3.76. The fourth-order valence-corrected chi connectivity index (χ4v) is 1.37. The summed E-state index contributed by atoms with van der Waals surface area (Å²) < 4.78 is 5.61. The van der Waals surface area contributed by atoms with Crippen LogP contribution in [0.1, 0.15) is 11.1 Å². The van der Waals surface area contributed by atoms with Gasteiger partial charge >= 0.3 is 0 Å². The van der Waals surface area contributed by atoms with Gasteiger partial charge in [0.1, 0.15) is 12.9 Å². The highest BCUT2D eigenvalue weighted by molar-refractivity contribution is 5.78. The zero-order valence-corrected chi connectivity index (χ0v) is 10.3.